The number of amides is 1. The van der Waals surface area contributed by atoms with Crippen LogP contribution >= 0.6 is 22.6 Å². The zero-order chi connectivity index (χ0) is 13.1. The first kappa shape index (κ1) is 13.3. The first-order valence-electron chi connectivity index (χ1n) is 5.84. The van der Waals surface area contributed by atoms with Crippen molar-refractivity contribution >= 4 is 34.5 Å². The monoisotopic (exact) mass is 359 g/mol. The number of rotatable bonds is 2. The maximum atomic E-state index is 11.9. The molecule has 18 heavy (non-hydrogen) atoms. The minimum atomic E-state index is -1.00. The number of Topliss-reactive ketones (excluding diaryl/α,β-unsaturated/α-hetero) is 1. The molecule has 0 spiro atoms. The zero-order valence-electron chi connectivity index (χ0n) is 9.80. The van der Waals surface area contributed by atoms with Crippen molar-refractivity contribution in [2.75, 3.05) is 6.54 Å². The minimum Gasteiger partial charge on any atom is -0.465 e. The van der Waals surface area contributed by atoms with E-state index in [2.05, 4.69) is 22.6 Å². The maximum absolute atomic E-state index is 11.9. The predicted molar refractivity (Wildman–Crippen MR) is 75.6 cm³/mol. The van der Waals surface area contributed by atoms with E-state index in [4.69, 9.17) is 5.11 Å². The second-order valence-electron chi connectivity index (χ2n) is 4.40. The van der Waals surface area contributed by atoms with Gasteiger partial charge >= 0.3 is 6.09 Å². The third-order valence-corrected chi connectivity index (χ3v) is 3.80. The molecule has 0 radical (unpaired) electrons. The smallest absolute Gasteiger partial charge is 0.407 e. The molecule has 5 heteroatoms. The summed E-state index contributed by atoms with van der Waals surface area (Å²) in [6.07, 6.45) is 0.590. The van der Waals surface area contributed by atoms with Crippen molar-refractivity contribution < 1.29 is 14.7 Å². The predicted octanol–water partition coefficient (Wildman–Crippen LogP) is 2.55. The molecule has 1 N–H and O–H groups in total. The summed E-state index contributed by atoms with van der Waals surface area (Å²) in [5, 5.41) is 9.13. The van der Waals surface area contributed by atoms with Gasteiger partial charge in [0.2, 0.25) is 0 Å². The molecule has 1 saturated heterocycles. The van der Waals surface area contributed by atoms with Gasteiger partial charge in [-0.3, -0.25) is 9.69 Å². The van der Waals surface area contributed by atoms with Gasteiger partial charge in [0.15, 0.2) is 5.78 Å². The molecule has 96 valence electrons. The summed E-state index contributed by atoms with van der Waals surface area (Å²) in [6.45, 7) is 0.454. The molecule has 1 amide bonds. The second kappa shape index (κ2) is 5.69. The fourth-order valence-electron chi connectivity index (χ4n) is 2.26. The van der Waals surface area contributed by atoms with Gasteiger partial charge in [0.25, 0.3) is 0 Å². The summed E-state index contributed by atoms with van der Waals surface area (Å²) in [5.41, 5.74) is 1.01. The highest BCUT2D eigenvalue weighted by Gasteiger charge is 2.32. The number of likely N-dealkylation sites (tertiary alicyclic amines) is 1. The zero-order valence-corrected chi connectivity index (χ0v) is 12.0. The number of carbonyl (C=O) groups excluding carboxylic acids is 1. The van der Waals surface area contributed by atoms with Crippen molar-refractivity contribution in [2.45, 2.75) is 25.3 Å². The van der Waals surface area contributed by atoms with Gasteiger partial charge in [0, 0.05) is 23.0 Å². The number of nitrogens with zero attached hydrogens (tertiary/aromatic N) is 1. The average Bonchev–Trinajstić information content (AvgIpc) is 2.31. The third-order valence-electron chi connectivity index (χ3n) is 3.13. The third kappa shape index (κ3) is 3.01. The van der Waals surface area contributed by atoms with Gasteiger partial charge in [0.1, 0.15) is 0 Å². The quantitative estimate of drug-likeness (QED) is 0.826. The van der Waals surface area contributed by atoms with Crippen LogP contribution in [-0.2, 0) is 11.2 Å². The van der Waals surface area contributed by atoms with Crippen molar-refractivity contribution in [1.29, 1.82) is 0 Å². The fraction of sp³-hybridized carbons (Fsp3) is 0.385. The number of ketones is 1. The second-order valence-corrected chi connectivity index (χ2v) is 5.64. The van der Waals surface area contributed by atoms with E-state index in [1.807, 2.05) is 24.3 Å². The normalized spacial score (nSPS) is 19.9. The van der Waals surface area contributed by atoms with Gasteiger partial charge in [-0.15, -0.1) is 0 Å². The molecule has 1 fully saturated rings. The molecule has 1 aliphatic heterocycles. The SMILES string of the molecule is O=C1CCCN(C(=O)O)C1Cc1cccc(I)c1. The average molecular weight is 359 g/mol. The highest BCUT2D eigenvalue weighted by atomic mass is 127. The molecule has 1 atom stereocenters. The molecule has 0 saturated carbocycles. The summed E-state index contributed by atoms with van der Waals surface area (Å²) < 4.78 is 1.09. The molecule has 1 heterocycles. The molecule has 0 bridgehead atoms. The summed E-state index contributed by atoms with van der Waals surface area (Å²) in [6, 6.07) is 7.30. The number of hydrogen-bond donors (Lipinski definition) is 1. The molecule has 0 aliphatic carbocycles. The number of piperidine rings is 1. The first-order chi connectivity index (χ1) is 8.58. The van der Waals surface area contributed by atoms with Crippen molar-refractivity contribution in [3.8, 4) is 0 Å². The number of carboxylic acid groups (broad SMARTS) is 1. The molecule has 0 aromatic heterocycles. The van der Waals surface area contributed by atoms with Crippen LogP contribution in [0.3, 0.4) is 0 Å². The van der Waals surface area contributed by atoms with Crippen LogP contribution in [0.25, 0.3) is 0 Å². The molecule has 1 unspecified atom stereocenters. The van der Waals surface area contributed by atoms with Crippen molar-refractivity contribution in [3.63, 3.8) is 0 Å². The van der Waals surface area contributed by atoms with E-state index in [9.17, 15) is 9.59 Å². The van der Waals surface area contributed by atoms with Crippen LogP contribution in [0.4, 0.5) is 4.79 Å². The maximum Gasteiger partial charge on any atom is 0.407 e. The lowest BCUT2D eigenvalue weighted by Gasteiger charge is -2.32. The number of hydrogen-bond acceptors (Lipinski definition) is 2. The fourth-order valence-corrected chi connectivity index (χ4v) is 2.87. The van der Waals surface area contributed by atoms with E-state index in [-0.39, 0.29) is 5.78 Å². The Bertz CT molecular complexity index is 475. The lowest BCUT2D eigenvalue weighted by atomic mass is 9.95. The van der Waals surface area contributed by atoms with Gasteiger partial charge in [0.05, 0.1) is 6.04 Å². The Kier molecular flexibility index (Phi) is 4.21. The molecular formula is C13H14INO3. The summed E-state index contributed by atoms with van der Waals surface area (Å²) >= 11 is 2.21. The van der Waals surface area contributed by atoms with Gasteiger partial charge in [-0.25, -0.2) is 4.79 Å². The minimum absolute atomic E-state index is 0.0301. The number of benzene rings is 1. The molecule has 4 nitrogen and oxygen atoms in total. The number of halogens is 1. The Hall–Kier alpha value is -1.11. The van der Waals surface area contributed by atoms with Gasteiger partial charge in [-0.1, -0.05) is 12.1 Å². The Morgan fingerprint density at radius 2 is 2.28 bits per heavy atom. The van der Waals surface area contributed by atoms with Crippen LogP contribution in [0.2, 0.25) is 0 Å². The van der Waals surface area contributed by atoms with Crippen LogP contribution < -0.4 is 0 Å². The van der Waals surface area contributed by atoms with E-state index in [0.717, 1.165) is 9.13 Å². The van der Waals surface area contributed by atoms with Crippen LogP contribution in [0, 0.1) is 3.57 Å². The molecular weight excluding hydrogens is 345 g/mol. The standard InChI is InChI=1S/C13H14INO3/c14-10-4-1-3-9(7-10)8-11-12(16)5-2-6-15(11)13(17)18/h1,3-4,7,11H,2,5-6,8H2,(H,17,18). The highest BCUT2D eigenvalue weighted by molar-refractivity contribution is 14.1. The van der Waals surface area contributed by atoms with Crippen LogP contribution in [-0.4, -0.2) is 34.5 Å². The van der Waals surface area contributed by atoms with Crippen molar-refractivity contribution in [1.82, 2.24) is 4.90 Å². The van der Waals surface area contributed by atoms with Crippen LogP contribution in [0.5, 0.6) is 0 Å². The lowest BCUT2D eigenvalue weighted by molar-refractivity contribution is -0.126. The Labute approximate surface area is 119 Å². The summed E-state index contributed by atoms with van der Waals surface area (Å²) in [7, 11) is 0. The van der Waals surface area contributed by atoms with Crippen LogP contribution in [0.1, 0.15) is 18.4 Å². The van der Waals surface area contributed by atoms with E-state index in [0.29, 0.717) is 25.8 Å². The Balaban J connectivity index is 2.18. The van der Waals surface area contributed by atoms with Gasteiger partial charge in [-0.2, -0.15) is 0 Å². The van der Waals surface area contributed by atoms with Gasteiger partial charge < -0.3 is 5.11 Å². The summed E-state index contributed by atoms with van der Waals surface area (Å²) in [5.74, 6) is 0.0301. The number of carbonyl (C=O) groups is 2. The molecule has 2 rings (SSSR count). The van der Waals surface area contributed by atoms with E-state index >= 15 is 0 Å². The Morgan fingerprint density at radius 3 is 2.94 bits per heavy atom. The van der Waals surface area contributed by atoms with Crippen molar-refractivity contribution in [3.05, 3.63) is 33.4 Å². The molecule has 1 aliphatic rings. The Morgan fingerprint density at radius 1 is 1.50 bits per heavy atom. The highest BCUT2D eigenvalue weighted by Crippen LogP contribution is 2.19. The topological polar surface area (TPSA) is 57.6 Å². The van der Waals surface area contributed by atoms with E-state index in [1.54, 1.807) is 0 Å². The molecule has 1 aromatic rings. The molecule has 1 aromatic carbocycles. The first-order valence-corrected chi connectivity index (χ1v) is 6.92. The van der Waals surface area contributed by atoms with Gasteiger partial charge in [-0.05, 0) is 46.7 Å². The lowest BCUT2D eigenvalue weighted by Crippen LogP contribution is -2.49. The van der Waals surface area contributed by atoms with E-state index in [1.165, 1.54) is 4.90 Å². The largest absolute Gasteiger partial charge is 0.465 e. The van der Waals surface area contributed by atoms with Crippen molar-refractivity contribution in [2.24, 2.45) is 0 Å². The van der Waals surface area contributed by atoms with Crippen LogP contribution in [0.15, 0.2) is 24.3 Å². The van der Waals surface area contributed by atoms with E-state index < -0.39 is 12.1 Å². The summed E-state index contributed by atoms with van der Waals surface area (Å²) in [4.78, 5) is 24.3.